The number of hydrogen-bond acceptors (Lipinski definition) is 8. The van der Waals surface area contributed by atoms with Crippen molar-refractivity contribution < 1.29 is 19.9 Å². The Morgan fingerprint density at radius 2 is 1.32 bits per heavy atom. The molecule has 0 aliphatic carbocycles. The van der Waals surface area contributed by atoms with Crippen LogP contribution in [-0.4, -0.2) is 65.1 Å². The Labute approximate surface area is 221 Å². The van der Waals surface area contributed by atoms with Crippen molar-refractivity contribution in [2.45, 2.75) is 39.2 Å². The molecule has 2 heterocycles. The number of ether oxygens (including phenoxy) is 1. The highest BCUT2D eigenvalue weighted by atomic mass is 16.6. The van der Waals surface area contributed by atoms with Gasteiger partial charge in [-0.05, 0) is 57.1 Å². The number of hydrogen-bond donors (Lipinski definition) is 2. The predicted molar refractivity (Wildman–Crippen MR) is 146 cm³/mol. The SMILES string of the molecule is CC(C)(C)OC(=O)N(CCC[N-]C1=NN(O)c2ccccc2[N-]1)CCC[N-]C1=NN(O)c2ccccc2[N-]1. The minimum absolute atomic E-state index is 0.158. The van der Waals surface area contributed by atoms with Crippen molar-refractivity contribution in [3.63, 3.8) is 0 Å². The van der Waals surface area contributed by atoms with Gasteiger partial charge in [-0.2, -0.15) is 11.9 Å². The molecule has 4 rings (SSSR count). The van der Waals surface area contributed by atoms with Gasteiger partial charge in [0.15, 0.2) is 0 Å². The van der Waals surface area contributed by atoms with Crippen LogP contribution in [0.25, 0.3) is 21.3 Å². The largest absolute Gasteiger partial charge is 0.551 e. The lowest BCUT2D eigenvalue weighted by Gasteiger charge is -2.42. The van der Waals surface area contributed by atoms with Crippen LogP contribution in [0.2, 0.25) is 0 Å². The van der Waals surface area contributed by atoms with E-state index in [1.165, 1.54) is 0 Å². The first-order valence-electron chi connectivity index (χ1n) is 12.3. The molecule has 0 spiro atoms. The van der Waals surface area contributed by atoms with Crippen LogP contribution >= 0.6 is 0 Å². The van der Waals surface area contributed by atoms with Crippen molar-refractivity contribution in [2.75, 3.05) is 36.5 Å². The number of anilines is 2. The van der Waals surface area contributed by atoms with Crippen molar-refractivity contribution in [3.05, 3.63) is 69.8 Å². The number of para-hydroxylation sites is 4. The van der Waals surface area contributed by atoms with Crippen molar-refractivity contribution in [1.82, 2.24) is 4.90 Å². The molecule has 2 aliphatic rings. The number of guanidine groups is 2. The van der Waals surface area contributed by atoms with E-state index < -0.39 is 11.7 Å². The van der Waals surface area contributed by atoms with Crippen LogP contribution in [0, 0.1) is 0 Å². The summed E-state index contributed by atoms with van der Waals surface area (Å²) in [5.41, 5.74) is 1.48. The van der Waals surface area contributed by atoms with E-state index in [0.717, 1.165) is 10.3 Å². The molecule has 1 amide bonds. The molecular weight excluding hydrogens is 490 g/mol. The summed E-state index contributed by atoms with van der Waals surface area (Å²) in [6.45, 7) is 6.94. The molecule has 13 nitrogen and oxygen atoms in total. The lowest BCUT2D eigenvalue weighted by Crippen LogP contribution is -2.38. The predicted octanol–water partition coefficient (Wildman–Crippen LogP) is 6.12. The van der Waals surface area contributed by atoms with Crippen LogP contribution in [0.4, 0.5) is 27.5 Å². The molecule has 0 saturated heterocycles. The summed E-state index contributed by atoms with van der Waals surface area (Å²) in [6.07, 6.45) is 0.648. The van der Waals surface area contributed by atoms with Gasteiger partial charge in [0.1, 0.15) is 5.60 Å². The molecule has 0 aromatic heterocycles. The van der Waals surface area contributed by atoms with E-state index in [0.29, 0.717) is 61.8 Å². The molecular formula is C25H31N9O4-4. The maximum absolute atomic E-state index is 12.8. The van der Waals surface area contributed by atoms with E-state index in [2.05, 4.69) is 31.5 Å². The summed E-state index contributed by atoms with van der Waals surface area (Å²) >= 11 is 0. The number of benzene rings is 2. The monoisotopic (exact) mass is 521 g/mol. The molecule has 13 heteroatoms. The zero-order chi connectivity index (χ0) is 27.1. The summed E-state index contributed by atoms with van der Waals surface area (Å²) in [7, 11) is 0. The van der Waals surface area contributed by atoms with Crippen LogP contribution in [0.3, 0.4) is 0 Å². The Hall–Kier alpha value is -4.23. The van der Waals surface area contributed by atoms with Crippen molar-refractivity contribution in [2.24, 2.45) is 10.2 Å². The topological polar surface area (TPSA) is 158 Å². The number of hydrazone groups is 2. The quantitative estimate of drug-likeness (QED) is 0.398. The summed E-state index contributed by atoms with van der Waals surface area (Å²) in [4.78, 5) is 14.4. The maximum atomic E-state index is 12.8. The van der Waals surface area contributed by atoms with Gasteiger partial charge >= 0.3 is 6.09 Å². The van der Waals surface area contributed by atoms with Crippen molar-refractivity contribution >= 4 is 40.8 Å². The third kappa shape index (κ3) is 7.17. The van der Waals surface area contributed by atoms with Gasteiger partial charge in [0.05, 0.1) is 11.4 Å². The number of carbonyl (C=O) groups excluding carboxylic acids is 1. The number of rotatable bonds is 8. The summed E-state index contributed by atoms with van der Waals surface area (Å²) in [6, 6.07) is 14.1. The summed E-state index contributed by atoms with van der Waals surface area (Å²) in [5.74, 6) is 0.315. The molecule has 0 radical (unpaired) electrons. The third-order valence-electron chi connectivity index (χ3n) is 5.33. The Balaban J connectivity index is 1.24. The van der Waals surface area contributed by atoms with Gasteiger partial charge in [-0.3, -0.25) is 20.8 Å². The summed E-state index contributed by atoms with van der Waals surface area (Å²) < 4.78 is 5.56. The second-order valence-corrected chi connectivity index (χ2v) is 9.52. The third-order valence-corrected chi connectivity index (χ3v) is 5.33. The van der Waals surface area contributed by atoms with E-state index in [1.54, 1.807) is 41.3 Å². The second-order valence-electron chi connectivity index (χ2n) is 9.52. The fourth-order valence-corrected chi connectivity index (χ4v) is 3.63. The van der Waals surface area contributed by atoms with Gasteiger partial charge in [0.25, 0.3) is 0 Å². The molecule has 0 unspecified atom stereocenters. The highest BCUT2D eigenvalue weighted by Crippen LogP contribution is 2.37. The average Bonchev–Trinajstić information content (AvgIpc) is 2.87. The van der Waals surface area contributed by atoms with Gasteiger partial charge < -0.3 is 41.1 Å². The first-order chi connectivity index (χ1) is 18.2. The zero-order valence-electron chi connectivity index (χ0n) is 21.6. The van der Waals surface area contributed by atoms with Crippen LogP contribution in [0.1, 0.15) is 33.6 Å². The van der Waals surface area contributed by atoms with E-state index in [4.69, 9.17) is 4.74 Å². The minimum Gasteiger partial charge on any atom is -0.551 e. The van der Waals surface area contributed by atoms with Crippen LogP contribution in [0.5, 0.6) is 0 Å². The molecule has 0 fully saturated rings. The number of amides is 1. The van der Waals surface area contributed by atoms with Gasteiger partial charge in [0.2, 0.25) is 0 Å². The highest BCUT2D eigenvalue weighted by Gasteiger charge is 2.21. The first-order valence-corrected chi connectivity index (χ1v) is 12.3. The molecule has 38 heavy (non-hydrogen) atoms. The number of carbonyl (C=O) groups is 1. The Kier molecular flexibility index (Phi) is 8.38. The van der Waals surface area contributed by atoms with Gasteiger partial charge in [-0.15, -0.1) is 0 Å². The molecule has 2 aromatic rings. The molecule has 2 aromatic carbocycles. The van der Waals surface area contributed by atoms with E-state index in [-0.39, 0.29) is 11.9 Å². The smallest absolute Gasteiger partial charge is 0.410 e. The fraction of sp³-hybridized carbons (Fsp3) is 0.400. The Bertz CT molecular complexity index is 1100. The Morgan fingerprint density at radius 1 is 0.868 bits per heavy atom. The maximum Gasteiger partial charge on any atom is 0.410 e. The average molecular weight is 522 g/mol. The second kappa shape index (κ2) is 11.9. The first kappa shape index (κ1) is 26.8. The van der Waals surface area contributed by atoms with Crippen LogP contribution in [0.15, 0.2) is 58.7 Å². The van der Waals surface area contributed by atoms with Crippen molar-refractivity contribution in [1.29, 1.82) is 0 Å². The molecule has 2 aliphatic heterocycles. The van der Waals surface area contributed by atoms with Gasteiger partial charge in [-0.1, -0.05) is 49.5 Å². The van der Waals surface area contributed by atoms with Crippen LogP contribution in [-0.2, 0) is 4.74 Å². The van der Waals surface area contributed by atoms with E-state index >= 15 is 0 Å². The van der Waals surface area contributed by atoms with Crippen LogP contribution < -0.4 is 10.3 Å². The van der Waals surface area contributed by atoms with E-state index in [1.807, 2.05) is 32.9 Å². The fourth-order valence-electron chi connectivity index (χ4n) is 3.63. The van der Waals surface area contributed by atoms with Gasteiger partial charge in [-0.25, -0.2) is 4.79 Å². The van der Waals surface area contributed by atoms with E-state index in [9.17, 15) is 15.2 Å². The molecule has 0 bridgehead atoms. The highest BCUT2D eigenvalue weighted by molar-refractivity contribution is 6.12. The van der Waals surface area contributed by atoms with Gasteiger partial charge in [0, 0.05) is 13.1 Å². The molecule has 204 valence electrons. The standard InChI is InChI=1S/C25H31N9O4/c1-25(2,3)38-24(35)32(16-8-14-26-22-28-18-10-4-6-12-20(18)33(36)30-22)17-9-15-27-23-29-19-11-5-7-13-21(19)34(37)31-23/h4-7,10-13,36-37H,8-9,14-17H2,1-3H3/q-4. The lowest BCUT2D eigenvalue weighted by molar-refractivity contribution is 0.0249. The molecule has 0 atom stereocenters. The molecule has 0 saturated carbocycles. The lowest BCUT2D eigenvalue weighted by atomic mass is 10.2. The van der Waals surface area contributed by atoms with Crippen molar-refractivity contribution in [3.8, 4) is 0 Å². The zero-order valence-corrected chi connectivity index (χ0v) is 21.6. The normalized spacial score (nSPS) is 14.2. The minimum atomic E-state index is -0.633. The Morgan fingerprint density at radius 3 is 1.76 bits per heavy atom. The summed E-state index contributed by atoms with van der Waals surface area (Å²) in [5, 5.41) is 46.9. The number of fused-ring (bicyclic) bond motifs is 2. The molecule has 2 N–H and O–H groups in total. The number of nitrogens with zero attached hydrogens (tertiary/aromatic N) is 9.